The molecule has 5 aromatic rings. The van der Waals surface area contributed by atoms with Crippen molar-refractivity contribution < 1.29 is 4.74 Å². The lowest BCUT2D eigenvalue weighted by atomic mass is 9.92. The first kappa shape index (κ1) is 21.7. The molecule has 5 heteroatoms. The third kappa shape index (κ3) is 4.12. The van der Waals surface area contributed by atoms with E-state index >= 15 is 0 Å². The van der Waals surface area contributed by atoms with Crippen LogP contribution in [0.1, 0.15) is 11.1 Å². The van der Waals surface area contributed by atoms with Gasteiger partial charge in [0, 0.05) is 17.3 Å². The number of aromatic nitrogens is 1. The lowest BCUT2D eigenvalue weighted by molar-refractivity contribution is 0.306. The van der Waals surface area contributed by atoms with Crippen LogP contribution in [0.4, 0.5) is 5.82 Å². The summed E-state index contributed by atoms with van der Waals surface area (Å²) in [6, 6.07) is 32.4. The van der Waals surface area contributed by atoms with Gasteiger partial charge in [-0.05, 0) is 55.5 Å². The number of nitrogens with two attached hydrogens (primary N) is 1. The Morgan fingerprint density at radius 1 is 0.882 bits per heavy atom. The summed E-state index contributed by atoms with van der Waals surface area (Å²) in [4.78, 5) is 4.26. The summed E-state index contributed by atoms with van der Waals surface area (Å²) < 4.78 is 6.96. The van der Waals surface area contributed by atoms with Crippen LogP contribution >= 0.6 is 15.9 Å². The zero-order chi connectivity index (χ0) is 23.5. The summed E-state index contributed by atoms with van der Waals surface area (Å²) in [5, 5.41) is 12.2. The maximum absolute atomic E-state index is 9.85. The number of nitriles is 1. The van der Waals surface area contributed by atoms with Crippen LogP contribution in [0.5, 0.6) is 5.75 Å². The highest BCUT2D eigenvalue weighted by molar-refractivity contribution is 9.10. The average Bonchev–Trinajstić information content (AvgIpc) is 2.88. The van der Waals surface area contributed by atoms with Gasteiger partial charge in [0.1, 0.15) is 29.8 Å². The number of pyridine rings is 1. The molecular formula is C29H20BrN3O. The minimum absolute atomic E-state index is 0.213. The molecule has 2 N–H and O–H groups in total. The van der Waals surface area contributed by atoms with Crippen molar-refractivity contribution in [2.45, 2.75) is 6.61 Å². The van der Waals surface area contributed by atoms with Crippen LogP contribution in [0.2, 0.25) is 0 Å². The maximum atomic E-state index is 9.85. The third-order valence-corrected chi connectivity index (χ3v) is 6.41. The van der Waals surface area contributed by atoms with E-state index in [1.165, 1.54) is 10.8 Å². The molecule has 5 rings (SSSR count). The van der Waals surface area contributed by atoms with Crippen molar-refractivity contribution in [2.24, 2.45) is 0 Å². The fourth-order valence-corrected chi connectivity index (χ4v) is 4.62. The number of hydrogen-bond acceptors (Lipinski definition) is 4. The molecule has 0 radical (unpaired) electrons. The molecule has 164 valence electrons. The van der Waals surface area contributed by atoms with E-state index in [0.717, 1.165) is 38.0 Å². The summed E-state index contributed by atoms with van der Waals surface area (Å²) in [6.45, 7) is 0.445. The molecule has 0 aliphatic heterocycles. The molecule has 1 aromatic heterocycles. The molecule has 0 fully saturated rings. The first-order valence-electron chi connectivity index (χ1n) is 10.8. The highest BCUT2D eigenvalue weighted by Gasteiger charge is 2.18. The molecule has 0 amide bonds. The molecule has 0 atom stereocenters. The van der Waals surface area contributed by atoms with Gasteiger partial charge in [0.2, 0.25) is 0 Å². The van der Waals surface area contributed by atoms with E-state index in [1.807, 2.05) is 66.7 Å². The lowest BCUT2D eigenvalue weighted by Gasteiger charge is -2.15. The molecule has 0 aliphatic carbocycles. The van der Waals surface area contributed by atoms with Crippen molar-refractivity contribution in [1.29, 1.82) is 5.26 Å². The van der Waals surface area contributed by atoms with Gasteiger partial charge < -0.3 is 10.5 Å². The molecule has 34 heavy (non-hydrogen) atoms. The number of halogens is 1. The van der Waals surface area contributed by atoms with Gasteiger partial charge in [0.25, 0.3) is 0 Å². The number of anilines is 1. The molecule has 4 aromatic carbocycles. The Morgan fingerprint density at radius 2 is 1.65 bits per heavy atom. The third-order valence-electron chi connectivity index (χ3n) is 5.79. The molecule has 1 heterocycles. The van der Waals surface area contributed by atoms with Crippen molar-refractivity contribution in [3.05, 3.63) is 113 Å². The zero-order valence-electron chi connectivity index (χ0n) is 18.2. The summed E-state index contributed by atoms with van der Waals surface area (Å²) in [5.74, 6) is 0.933. The van der Waals surface area contributed by atoms with E-state index in [1.54, 1.807) is 6.20 Å². The van der Waals surface area contributed by atoms with E-state index in [-0.39, 0.29) is 5.82 Å². The minimum Gasteiger partial charge on any atom is -0.488 e. The van der Waals surface area contributed by atoms with Crippen LogP contribution in [-0.2, 0) is 6.61 Å². The zero-order valence-corrected chi connectivity index (χ0v) is 19.8. The number of benzene rings is 4. The van der Waals surface area contributed by atoms with Crippen molar-refractivity contribution in [1.82, 2.24) is 4.98 Å². The van der Waals surface area contributed by atoms with Crippen molar-refractivity contribution in [3.63, 3.8) is 0 Å². The predicted octanol–water partition coefficient (Wildman–Crippen LogP) is 7.36. The Bertz CT molecular complexity index is 1540. The van der Waals surface area contributed by atoms with Gasteiger partial charge in [0.15, 0.2) is 0 Å². The van der Waals surface area contributed by atoms with Gasteiger partial charge in [-0.3, -0.25) is 0 Å². The van der Waals surface area contributed by atoms with Crippen molar-refractivity contribution in [2.75, 3.05) is 5.73 Å². The number of nitrogen functional groups attached to an aromatic ring is 1. The van der Waals surface area contributed by atoms with Crippen LogP contribution in [0.15, 0.2) is 102 Å². The molecular weight excluding hydrogens is 486 g/mol. The predicted molar refractivity (Wildman–Crippen MR) is 140 cm³/mol. The van der Waals surface area contributed by atoms with Crippen molar-refractivity contribution in [3.8, 4) is 34.1 Å². The smallest absolute Gasteiger partial charge is 0.141 e. The van der Waals surface area contributed by atoms with E-state index in [4.69, 9.17) is 10.5 Å². The van der Waals surface area contributed by atoms with E-state index < -0.39 is 0 Å². The molecule has 0 unspecified atom stereocenters. The minimum atomic E-state index is 0.213. The van der Waals surface area contributed by atoms with Crippen molar-refractivity contribution >= 4 is 32.5 Å². The Balaban J connectivity index is 1.51. The summed E-state index contributed by atoms with van der Waals surface area (Å²) in [5.41, 5.74) is 11.0. The second kappa shape index (κ2) is 9.38. The van der Waals surface area contributed by atoms with Crippen LogP contribution in [0.25, 0.3) is 33.0 Å². The van der Waals surface area contributed by atoms with Crippen LogP contribution in [0.3, 0.4) is 0 Å². The quantitative estimate of drug-likeness (QED) is 0.270. The Hall–Kier alpha value is -4.14. The Kier molecular flexibility index (Phi) is 5.99. The van der Waals surface area contributed by atoms with Gasteiger partial charge >= 0.3 is 0 Å². The molecule has 0 saturated carbocycles. The second-order valence-corrected chi connectivity index (χ2v) is 8.71. The molecule has 0 saturated heterocycles. The van der Waals surface area contributed by atoms with E-state index in [0.29, 0.717) is 12.2 Å². The SMILES string of the molecule is N#Cc1c(N)ncc(-c2ccccc2)c1-c1ccc(OCc2cccc3ccccc23)c(Br)c1. The van der Waals surface area contributed by atoms with Crippen LogP contribution in [-0.4, -0.2) is 4.98 Å². The highest BCUT2D eigenvalue weighted by atomic mass is 79.9. The number of rotatable bonds is 5. The van der Waals surface area contributed by atoms with Gasteiger partial charge in [0.05, 0.1) is 4.47 Å². The largest absolute Gasteiger partial charge is 0.488 e. The number of hydrogen-bond donors (Lipinski definition) is 1. The fraction of sp³-hybridized carbons (Fsp3) is 0.0345. The second-order valence-electron chi connectivity index (χ2n) is 7.86. The Labute approximate surface area is 206 Å². The van der Waals surface area contributed by atoms with Gasteiger partial charge in [-0.2, -0.15) is 5.26 Å². The van der Waals surface area contributed by atoms with Crippen LogP contribution < -0.4 is 10.5 Å². The Morgan fingerprint density at radius 3 is 2.44 bits per heavy atom. The molecule has 0 bridgehead atoms. The first-order valence-corrected chi connectivity index (χ1v) is 11.6. The summed E-state index contributed by atoms with van der Waals surface area (Å²) in [6.07, 6.45) is 1.72. The van der Waals surface area contributed by atoms with E-state index in [9.17, 15) is 5.26 Å². The monoisotopic (exact) mass is 505 g/mol. The van der Waals surface area contributed by atoms with Gasteiger partial charge in [-0.1, -0.05) is 78.9 Å². The summed E-state index contributed by atoms with van der Waals surface area (Å²) >= 11 is 3.66. The van der Waals surface area contributed by atoms with Gasteiger partial charge in [-0.15, -0.1) is 0 Å². The molecule has 4 nitrogen and oxygen atoms in total. The topological polar surface area (TPSA) is 71.9 Å². The maximum Gasteiger partial charge on any atom is 0.141 e. The average molecular weight is 506 g/mol. The number of ether oxygens (including phenoxy) is 1. The summed E-state index contributed by atoms with van der Waals surface area (Å²) in [7, 11) is 0. The van der Waals surface area contributed by atoms with Crippen LogP contribution in [0, 0.1) is 11.3 Å². The molecule has 0 spiro atoms. The number of fused-ring (bicyclic) bond motifs is 1. The molecule has 0 aliphatic rings. The number of nitrogens with zero attached hydrogens (tertiary/aromatic N) is 2. The normalized spacial score (nSPS) is 10.7. The van der Waals surface area contributed by atoms with Gasteiger partial charge in [-0.25, -0.2) is 4.98 Å². The lowest BCUT2D eigenvalue weighted by Crippen LogP contribution is -2.00. The highest BCUT2D eigenvalue weighted by Crippen LogP contribution is 2.39. The standard InChI is InChI=1S/C29H20BrN3O/c30-26-15-21(28-24(16-31)29(32)33-17-25(28)20-7-2-1-3-8-20)13-14-27(26)34-18-22-11-6-10-19-9-4-5-12-23(19)22/h1-15,17H,18H2,(H2,32,33). The fourth-order valence-electron chi connectivity index (χ4n) is 4.12. The van der Waals surface area contributed by atoms with E-state index in [2.05, 4.69) is 51.2 Å². The first-order chi connectivity index (χ1) is 16.7.